The van der Waals surface area contributed by atoms with Gasteiger partial charge in [-0.15, -0.1) is 8.86 Å². The Morgan fingerprint density at radius 3 is 2.87 bits per heavy atom. The minimum absolute atomic E-state index is 0.0133. The number of fused-ring (bicyclic) bond motifs is 2. The summed E-state index contributed by atoms with van der Waals surface area (Å²) >= 11 is 0. The Morgan fingerprint density at radius 2 is 2.10 bits per heavy atom. The third kappa shape index (κ3) is 4.43. The molecule has 0 fully saturated rings. The molecule has 2 bridgehead atoms. The number of ether oxygens (including phenoxy) is 1. The Bertz CT molecular complexity index is 1090. The van der Waals surface area contributed by atoms with Crippen molar-refractivity contribution in [3.63, 3.8) is 0 Å². The SMILES string of the molecule is COc1ccc2cc1CN(C)[C@@H](CO)C(=P)N(C)CCCc1c[nH]c3ncnc(c13)N2. The molecule has 0 amide bonds. The molecular weight excluding hydrogens is 411 g/mol. The first-order valence-corrected chi connectivity index (χ1v) is 10.9. The molecule has 3 aromatic rings. The number of nitrogens with zero attached hydrogens (tertiary/aromatic N) is 4. The molecule has 1 aliphatic rings. The van der Waals surface area contributed by atoms with E-state index in [1.807, 2.05) is 32.4 Å². The summed E-state index contributed by atoms with van der Waals surface area (Å²) in [6, 6.07) is 5.86. The quantitative estimate of drug-likeness (QED) is 0.528. The maximum Gasteiger partial charge on any atom is 0.143 e. The van der Waals surface area contributed by atoms with Crippen molar-refractivity contribution < 1.29 is 9.84 Å². The van der Waals surface area contributed by atoms with Gasteiger partial charge in [0.1, 0.15) is 23.5 Å². The van der Waals surface area contributed by atoms with Gasteiger partial charge in [-0.05, 0) is 50.7 Å². The summed E-state index contributed by atoms with van der Waals surface area (Å²) in [4.78, 5) is 16.5. The van der Waals surface area contributed by atoms with E-state index in [-0.39, 0.29) is 12.6 Å². The fraction of sp³-hybridized carbons (Fsp3) is 0.409. The van der Waals surface area contributed by atoms with E-state index in [4.69, 9.17) is 4.74 Å². The third-order valence-corrected chi connectivity index (χ3v) is 6.60. The maximum absolute atomic E-state index is 10.1. The third-order valence-electron chi connectivity index (χ3n) is 5.89. The van der Waals surface area contributed by atoms with Crippen molar-refractivity contribution >= 4 is 36.8 Å². The predicted octanol–water partition coefficient (Wildman–Crippen LogP) is 2.65. The van der Waals surface area contributed by atoms with E-state index in [9.17, 15) is 5.11 Å². The van der Waals surface area contributed by atoms with Gasteiger partial charge in [-0.2, -0.15) is 0 Å². The average molecular weight is 440 g/mol. The number of anilines is 2. The van der Waals surface area contributed by atoms with Crippen LogP contribution in [0.3, 0.4) is 0 Å². The number of rotatable bonds is 2. The molecule has 1 atom stereocenters. The van der Waals surface area contributed by atoms with E-state index in [0.29, 0.717) is 6.54 Å². The zero-order valence-corrected chi connectivity index (χ0v) is 19.1. The second kappa shape index (κ2) is 9.32. The van der Waals surface area contributed by atoms with Gasteiger partial charge >= 0.3 is 0 Å². The lowest BCUT2D eigenvalue weighted by molar-refractivity contribution is 0.175. The molecule has 0 radical (unpaired) electrons. The van der Waals surface area contributed by atoms with Gasteiger partial charge in [-0.1, -0.05) is 0 Å². The number of aliphatic hydroxyl groups excluding tert-OH is 1. The van der Waals surface area contributed by atoms with Crippen LogP contribution >= 0.6 is 8.86 Å². The standard InChI is InChI=1S/C22H29N6O2P/c1-27-8-4-5-14-10-23-20-19(14)21(25-13-24-20)26-16-6-7-18(30-3)15(9-16)11-28(2)17(12-29)22(27)31/h6-7,9-10,13,17,29,31H,4-5,8,11-12H2,1-3H3,(H2,23,24,25,26)/t17-/m0/s1. The fourth-order valence-corrected chi connectivity index (χ4v) is 4.55. The van der Waals surface area contributed by atoms with E-state index in [1.54, 1.807) is 13.4 Å². The molecule has 0 saturated heterocycles. The summed E-state index contributed by atoms with van der Waals surface area (Å²) in [6.45, 7) is 1.48. The molecule has 0 saturated carbocycles. The molecule has 3 heterocycles. The van der Waals surface area contributed by atoms with E-state index in [2.05, 4.69) is 45.0 Å². The van der Waals surface area contributed by atoms with Gasteiger partial charge < -0.3 is 20.1 Å². The normalized spacial score (nSPS) is 19.0. The largest absolute Gasteiger partial charge is 0.496 e. The predicted molar refractivity (Wildman–Crippen MR) is 127 cm³/mol. The Balaban J connectivity index is 1.79. The fourth-order valence-electron chi connectivity index (χ4n) is 4.13. The number of aromatic amines is 1. The van der Waals surface area contributed by atoms with Crippen LogP contribution in [0.2, 0.25) is 0 Å². The molecule has 0 unspecified atom stereocenters. The molecular formula is C22H29N6O2P. The Hall–Kier alpha value is -2.51. The van der Waals surface area contributed by atoms with Crippen LogP contribution in [-0.4, -0.2) is 75.7 Å². The van der Waals surface area contributed by atoms with Crippen LogP contribution in [0.5, 0.6) is 5.75 Å². The summed E-state index contributed by atoms with van der Waals surface area (Å²) < 4.78 is 5.60. The molecule has 4 rings (SSSR count). The summed E-state index contributed by atoms with van der Waals surface area (Å²) in [5.74, 6) is 1.59. The summed E-state index contributed by atoms with van der Waals surface area (Å²) in [5, 5.41) is 14.6. The first-order valence-electron chi connectivity index (χ1n) is 10.4. The van der Waals surface area contributed by atoms with Crippen LogP contribution in [0.15, 0.2) is 30.7 Å². The first-order chi connectivity index (χ1) is 15.0. The van der Waals surface area contributed by atoms with Crippen LogP contribution < -0.4 is 10.1 Å². The number of hydrogen-bond donors (Lipinski definition) is 3. The number of aromatic nitrogens is 3. The van der Waals surface area contributed by atoms with Gasteiger partial charge in [-0.25, -0.2) is 9.97 Å². The molecule has 164 valence electrons. The van der Waals surface area contributed by atoms with E-state index in [0.717, 1.165) is 58.7 Å². The van der Waals surface area contributed by atoms with E-state index >= 15 is 0 Å². The van der Waals surface area contributed by atoms with Crippen molar-refractivity contribution in [1.29, 1.82) is 0 Å². The molecule has 1 aromatic carbocycles. The first kappa shape index (κ1) is 21.7. The molecule has 31 heavy (non-hydrogen) atoms. The average Bonchev–Trinajstić information content (AvgIpc) is 3.18. The van der Waals surface area contributed by atoms with Crippen LogP contribution in [0.4, 0.5) is 11.5 Å². The molecule has 9 heteroatoms. The van der Waals surface area contributed by atoms with Gasteiger partial charge in [0.2, 0.25) is 0 Å². The van der Waals surface area contributed by atoms with Gasteiger partial charge in [0.05, 0.1) is 25.1 Å². The Labute approximate surface area is 184 Å². The van der Waals surface area contributed by atoms with Crippen LogP contribution in [-0.2, 0) is 13.0 Å². The van der Waals surface area contributed by atoms with Crippen molar-refractivity contribution in [1.82, 2.24) is 24.8 Å². The van der Waals surface area contributed by atoms with Gasteiger partial charge in [0.15, 0.2) is 0 Å². The zero-order valence-electron chi connectivity index (χ0n) is 18.1. The van der Waals surface area contributed by atoms with Crippen molar-refractivity contribution in [3.8, 4) is 5.75 Å². The minimum Gasteiger partial charge on any atom is -0.496 e. The summed E-state index contributed by atoms with van der Waals surface area (Å²) in [5.41, 5.74) is 4.90. The second-order valence-corrected chi connectivity index (χ2v) is 8.45. The van der Waals surface area contributed by atoms with Crippen LogP contribution in [0.1, 0.15) is 17.5 Å². The highest BCUT2D eigenvalue weighted by Gasteiger charge is 2.23. The van der Waals surface area contributed by atoms with Crippen LogP contribution in [0.25, 0.3) is 11.0 Å². The number of aryl methyl sites for hydroxylation is 1. The number of hydrogen-bond acceptors (Lipinski definition) is 6. The number of methoxy groups -OCH3 is 1. The number of benzene rings is 1. The Morgan fingerprint density at radius 1 is 1.26 bits per heavy atom. The smallest absolute Gasteiger partial charge is 0.143 e. The molecule has 8 nitrogen and oxygen atoms in total. The number of nitrogens with one attached hydrogen (secondary N) is 2. The van der Waals surface area contributed by atoms with Crippen molar-refractivity contribution in [2.75, 3.05) is 39.7 Å². The van der Waals surface area contributed by atoms with Crippen molar-refractivity contribution in [2.24, 2.45) is 0 Å². The lowest BCUT2D eigenvalue weighted by Crippen LogP contribution is -2.46. The van der Waals surface area contributed by atoms with Crippen molar-refractivity contribution in [3.05, 3.63) is 41.9 Å². The summed E-state index contributed by atoms with van der Waals surface area (Å²) in [7, 11) is 9.52. The van der Waals surface area contributed by atoms with Crippen LogP contribution in [0, 0.1) is 0 Å². The van der Waals surface area contributed by atoms with Gasteiger partial charge in [0.25, 0.3) is 0 Å². The van der Waals surface area contributed by atoms with Gasteiger partial charge in [0, 0.05) is 36.0 Å². The minimum atomic E-state index is -0.157. The lowest BCUT2D eigenvalue weighted by Gasteiger charge is -2.32. The molecule has 3 N–H and O–H groups in total. The molecule has 0 aliphatic carbocycles. The van der Waals surface area contributed by atoms with E-state index < -0.39 is 0 Å². The zero-order chi connectivity index (χ0) is 22.0. The molecule has 1 aliphatic heterocycles. The van der Waals surface area contributed by atoms with Crippen molar-refractivity contribution in [2.45, 2.75) is 25.4 Å². The van der Waals surface area contributed by atoms with Gasteiger partial charge in [-0.3, -0.25) is 9.80 Å². The summed E-state index contributed by atoms with van der Waals surface area (Å²) in [6.07, 6.45) is 5.43. The number of H-pyrrole nitrogens is 1. The molecule has 2 aromatic heterocycles. The number of likely N-dealkylation sites (N-methyl/N-ethyl adjacent to an activating group) is 2. The highest BCUT2D eigenvalue weighted by atomic mass is 31.0. The van der Waals surface area contributed by atoms with E-state index in [1.165, 1.54) is 5.56 Å². The second-order valence-electron chi connectivity index (χ2n) is 7.94. The highest BCUT2D eigenvalue weighted by molar-refractivity contribution is 7.21. The monoisotopic (exact) mass is 440 g/mol. The maximum atomic E-state index is 10.1. The topological polar surface area (TPSA) is 89.5 Å². The lowest BCUT2D eigenvalue weighted by atomic mass is 10.1. The molecule has 0 spiro atoms. The number of aliphatic hydroxyl groups is 1. The Kier molecular flexibility index (Phi) is 6.53. The highest BCUT2D eigenvalue weighted by Crippen LogP contribution is 2.30.